The molecule has 1 aliphatic rings. The molecule has 8 heteroatoms. The molecule has 7 nitrogen and oxygen atoms in total. The summed E-state index contributed by atoms with van der Waals surface area (Å²) < 4.78 is 18.7. The molecule has 0 aliphatic heterocycles. The van der Waals surface area contributed by atoms with E-state index in [1.807, 2.05) is 17.4 Å². The van der Waals surface area contributed by atoms with Crippen molar-refractivity contribution in [1.82, 2.24) is 10.9 Å². The number of halogens is 1. The van der Waals surface area contributed by atoms with Gasteiger partial charge in [-0.3, -0.25) is 0 Å². The maximum atomic E-state index is 14.4. The SMILES string of the molecule is COC(=O)NNC(=O)Nc1ccc(N(C)C2CCCCC2)c(F)c1. The number of hydrogen-bond acceptors (Lipinski definition) is 4. The lowest BCUT2D eigenvalue weighted by Crippen LogP contribution is -2.43. The van der Waals surface area contributed by atoms with Crippen molar-refractivity contribution in [1.29, 1.82) is 0 Å². The van der Waals surface area contributed by atoms with Gasteiger partial charge in [0.05, 0.1) is 12.8 Å². The molecule has 132 valence electrons. The summed E-state index contributed by atoms with van der Waals surface area (Å²) in [6, 6.07) is 4.17. The average molecular weight is 338 g/mol. The van der Waals surface area contributed by atoms with E-state index in [1.165, 1.54) is 32.4 Å². The van der Waals surface area contributed by atoms with E-state index < -0.39 is 17.9 Å². The lowest BCUT2D eigenvalue weighted by molar-refractivity contribution is 0.166. The normalized spacial score (nSPS) is 14.6. The van der Waals surface area contributed by atoms with Gasteiger partial charge < -0.3 is 15.0 Å². The Morgan fingerprint density at radius 3 is 2.54 bits per heavy atom. The van der Waals surface area contributed by atoms with Crippen LogP contribution in [0.2, 0.25) is 0 Å². The largest absolute Gasteiger partial charge is 0.452 e. The summed E-state index contributed by atoms with van der Waals surface area (Å²) in [4.78, 5) is 24.4. The molecule has 1 aliphatic carbocycles. The van der Waals surface area contributed by atoms with Gasteiger partial charge >= 0.3 is 12.1 Å². The Hall–Kier alpha value is -2.51. The van der Waals surface area contributed by atoms with Crippen molar-refractivity contribution in [3.05, 3.63) is 24.0 Å². The quantitative estimate of drug-likeness (QED) is 0.740. The van der Waals surface area contributed by atoms with Crippen LogP contribution in [0.5, 0.6) is 0 Å². The van der Waals surface area contributed by atoms with Crippen LogP contribution < -0.4 is 21.1 Å². The van der Waals surface area contributed by atoms with Gasteiger partial charge in [-0.15, -0.1) is 0 Å². The van der Waals surface area contributed by atoms with Crippen molar-refractivity contribution in [2.24, 2.45) is 0 Å². The van der Waals surface area contributed by atoms with Crippen molar-refractivity contribution >= 4 is 23.5 Å². The maximum absolute atomic E-state index is 14.4. The summed E-state index contributed by atoms with van der Waals surface area (Å²) in [7, 11) is 3.07. The number of nitrogens with one attached hydrogen (secondary N) is 3. The first kappa shape index (κ1) is 17.8. The molecule has 24 heavy (non-hydrogen) atoms. The fourth-order valence-corrected chi connectivity index (χ4v) is 2.86. The number of carbonyl (C=O) groups is 2. The van der Waals surface area contributed by atoms with Gasteiger partial charge in [-0.05, 0) is 31.0 Å². The van der Waals surface area contributed by atoms with Crippen LogP contribution in [0.4, 0.5) is 25.4 Å². The molecule has 0 aromatic heterocycles. The van der Waals surface area contributed by atoms with Crippen LogP contribution in [-0.2, 0) is 4.74 Å². The van der Waals surface area contributed by atoms with Crippen molar-refractivity contribution < 1.29 is 18.7 Å². The number of benzene rings is 1. The van der Waals surface area contributed by atoms with E-state index in [-0.39, 0.29) is 5.69 Å². The van der Waals surface area contributed by atoms with Gasteiger partial charge in [0.2, 0.25) is 0 Å². The third kappa shape index (κ3) is 4.74. The predicted molar refractivity (Wildman–Crippen MR) is 89.4 cm³/mol. The maximum Gasteiger partial charge on any atom is 0.425 e. The fourth-order valence-electron chi connectivity index (χ4n) is 2.86. The second-order valence-electron chi connectivity index (χ2n) is 5.76. The van der Waals surface area contributed by atoms with Crippen LogP contribution >= 0.6 is 0 Å². The van der Waals surface area contributed by atoms with Gasteiger partial charge in [0, 0.05) is 18.8 Å². The van der Waals surface area contributed by atoms with Crippen LogP contribution in [0.3, 0.4) is 0 Å². The summed E-state index contributed by atoms with van der Waals surface area (Å²) in [6.07, 6.45) is 4.91. The molecule has 3 amide bonds. The number of amides is 3. The molecular formula is C16H23FN4O3. The van der Waals surface area contributed by atoms with E-state index in [9.17, 15) is 14.0 Å². The highest BCUT2D eigenvalue weighted by Gasteiger charge is 2.20. The first-order chi connectivity index (χ1) is 11.5. The van der Waals surface area contributed by atoms with E-state index in [0.717, 1.165) is 12.8 Å². The lowest BCUT2D eigenvalue weighted by Gasteiger charge is -2.33. The highest BCUT2D eigenvalue weighted by atomic mass is 19.1. The van der Waals surface area contributed by atoms with Gasteiger partial charge in [0.25, 0.3) is 0 Å². The monoisotopic (exact) mass is 338 g/mol. The summed E-state index contributed by atoms with van der Waals surface area (Å²) in [5.41, 5.74) is 4.90. The van der Waals surface area contributed by atoms with Crippen molar-refractivity contribution in [3.8, 4) is 0 Å². The molecule has 0 bridgehead atoms. The number of carbonyl (C=O) groups excluding carboxylic acids is 2. The van der Waals surface area contributed by atoms with Gasteiger partial charge in [-0.2, -0.15) is 0 Å². The van der Waals surface area contributed by atoms with E-state index in [2.05, 4.69) is 15.5 Å². The molecule has 0 atom stereocenters. The Balaban J connectivity index is 1.96. The van der Waals surface area contributed by atoms with Crippen molar-refractivity contribution in [2.45, 2.75) is 38.1 Å². The summed E-state index contributed by atoms with van der Waals surface area (Å²) in [5, 5.41) is 2.43. The number of hydrazine groups is 1. The smallest absolute Gasteiger partial charge is 0.425 e. The van der Waals surface area contributed by atoms with E-state index >= 15 is 0 Å². The summed E-state index contributed by atoms with van der Waals surface area (Å²) in [6.45, 7) is 0. The number of methoxy groups -OCH3 is 1. The van der Waals surface area contributed by atoms with Gasteiger partial charge in [-0.1, -0.05) is 19.3 Å². The molecule has 0 radical (unpaired) electrons. The lowest BCUT2D eigenvalue weighted by atomic mass is 9.94. The Bertz CT molecular complexity index is 591. The topological polar surface area (TPSA) is 82.7 Å². The number of nitrogens with zero attached hydrogens (tertiary/aromatic N) is 1. The minimum Gasteiger partial charge on any atom is -0.452 e. The molecule has 0 unspecified atom stereocenters. The van der Waals surface area contributed by atoms with Gasteiger partial charge in [0.1, 0.15) is 5.82 Å². The number of hydrogen-bond donors (Lipinski definition) is 3. The predicted octanol–water partition coefficient (Wildman–Crippen LogP) is 2.99. The highest BCUT2D eigenvalue weighted by Crippen LogP contribution is 2.29. The van der Waals surface area contributed by atoms with Crippen LogP contribution in [0.25, 0.3) is 0 Å². The molecular weight excluding hydrogens is 315 g/mol. The molecule has 0 heterocycles. The van der Waals surface area contributed by atoms with Crippen LogP contribution in [0.1, 0.15) is 32.1 Å². The van der Waals surface area contributed by atoms with Crippen LogP contribution in [0.15, 0.2) is 18.2 Å². The fraction of sp³-hybridized carbons (Fsp3) is 0.500. The Kier molecular flexibility index (Phi) is 6.22. The molecule has 1 fully saturated rings. The third-order valence-electron chi connectivity index (χ3n) is 4.17. The molecule has 2 rings (SSSR count). The zero-order valence-corrected chi connectivity index (χ0v) is 13.9. The minimum atomic E-state index is -0.805. The molecule has 1 saturated carbocycles. The molecule has 0 saturated heterocycles. The zero-order chi connectivity index (χ0) is 17.5. The van der Waals surface area contributed by atoms with Gasteiger partial charge in [-0.25, -0.2) is 24.8 Å². The zero-order valence-electron chi connectivity index (χ0n) is 13.9. The van der Waals surface area contributed by atoms with Crippen LogP contribution in [0, 0.1) is 5.82 Å². The van der Waals surface area contributed by atoms with Crippen LogP contribution in [-0.4, -0.2) is 32.3 Å². The van der Waals surface area contributed by atoms with E-state index in [1.54, 1.807) is 12.1 Å². The molecule has 1 aromatic carbocycles. The second kappa shape index (κ2) is 8.37. The standard InChI is InChI=1S/C16H23FN4O3/c1-21(12-6-4-3-5-7-12)14-9-8-11(10-13(14)17)18-15(22)19-20-16(23)24-2/h8-10,12H,3-7H2,1-2H3,(H,20,23)(H2,18,19,22). The Morgan fingerprint density at radius 1 is 1.21 bits per heavy atom. The Morgan fingerprint density at radius 2 is 1.92 bits per heavy atom. The van der Waals surface area contributed by atoms with Crippen molar-refractivity contribution in [3.63, 3.8) is 0 Å². The number of anilines is 2. The minimum absolute atomic E-state index is 0.289. The van der Waals surface area contributed by atoms with E-state index in [4.69, 9.17) is 0 Å². The number of rotatable bonds is 3. The molecule has 3 N–H and O–H groups in total. The average Bonchev–Trinajstić information content (AvgIpc) is 2.60. The molecule has 0 spiro atoms. The summed E-state index contributed by atoms with van der Waals surface area (Å²) in [5.74, 6) is -0.401. The summed E-state index contributed by atoms with van der Waals surface area (Å²) >= 11 is 0. The third-order valence-corrected chi connectivity index (χ3v) is 4.17. The highest BCUT2D eigenvalue weighted by molar-refractivity contribution is 5.90. The Labute approximate surface area is 140 Å². The number of ether oxygens (including phenoxy) is 1. The van der Waals surface area contributed by atoms with Crippen molar-refractivity contribution in [2.75, 3.05) is 24.4 Å². The number of urea groups is 1. The van der Waals surface area contributed by atoms with Gasteiger partial charge in [0.15, 0.2) is 0 Å². The first-order valence-corrected chi connectivity index (χ1v) is 7.94. The van der Waals surface area contributed by atoms with E-state index in [0.29, 0.717) is 11.7 Å². The first-order valence-electron chi connectivity index (χ1n) is 7.94. The molecule has 1 aromatic rings. The second-order valence-corrected chi connectivity index (χ2v) is 5.76.